The van der Waals surface area contributed by atoms with Crippen molar-refractivity contribution in [2.75, 3.05) is 0 Å². The van der Waals surface area contributed by atoms with Crippen LogP contribution in [-0.4, -0.2) is 81.2 Å². The van der Waals surface area contributed by atoms with Crippen LogP contribution in [0.25, 0.3) is 0 Å². The Labute approximate surface area is 190 Å². The molecular formula is C19H33N5O9. The molecule has 0 aromatic rings. The van der Waals surface area contributed by atoms with Crippen LogP contribution in [0.2, 0.25) is 0 Å². The SMILES string of the molecule is CC(C)C(NC(=O)C(N)C(C)O)C(=O)NC(CCC(=O)O)C(=O)NC(CCC(N)=O)C(=O)O. The quantitative estimate of drug-likeness (QED) is 0.119. The monoisotopic (exact) mass is 475 g/mol. The van der Waals surface area contributed by atoms with E-state index in [-0.39, 0.29) is 19.3 Å². The summed E-state index contributed by atoms with van der Waals surface area (Å²) in [5.74, 6) is -6.63. The summed E-state index contributed by atoms with van der Waals surface area (Å²) in [6.07, 6.45) is -2.72. The maximum Gasteiger partial charge on any atom is 0.326 e. The Morgan fingerprint density at radius 1 is 0.788 bits per heavy atom. The number of amides is 4. The van der Waals surface area contributed by atoms with E-state index >= 15 is 0 Å². The molecule has 14 heteroatoms. The number of rotatable bonds is 15. The van der Waals surface area contributed by atoms with Crippen molar-refractivity contribution < 1.29 is 44.1 Å². The smallest absolute Gasteiger partial charge is 0.326 e. The van der Waals surface area contributed by atoms with Crippen LogP contribution in [0.4, 0.5) is 0 Å². The fourth-order valence-electron chi connectivity index (χ4n) is 2.62. The molecule has 0 aromatic carbocycles. The van der Waals surface area contributed by atoms with E-state index in [9.17, 15) is 39.0 Å². The zero-order valence-corrected chi connectivity index (χ0v) is 18.7. The largest absolute Gasteiger partial charge is 0.481 e. The van der Waals surface area contributed by atoms with Crippen molar-refractivity contribution in [1.82, 2.24) is 16.0 Å². The van der Waals surface area contributed by atoms with Crippen molar-refractivity contribution in [3.63, 3.8) is 0 Å². The van der Waals surface area contributed by atoms with Gasteiger partial charge in [0.25, 0.3) is 0 Å². The van der Waals surface area contributed by atoms with Gasteiger partial charge in [-0.05, 0) is 25.7 Å². The van der Waals surface area contributed by atoms with Crippen molar-refractivity contribution in [3.05, 3.63) is 0 Å². The predicted octanol–water partition coefficient (Wildman–Crippen LogP) is -2.98. The lowest BCUT2D eigenvalue weighted by atomic mass is 10.0. The van der Waals surface area contributed by atoms with E-state index in [1.807, 2.05) is 0 Å². The van der Waals surface area contributed by atoms with E-state index in [1.54, 1.807) is 13.8 Å². The van der Waals surface area contributed by atoms with E-state index in [4.69, 9.17) is 16.6 Å². The number of nitrogens with one attached hydrogen (secondary N) is 3. The van der Waals surface area contributed by atoms with Gasteiger partial charge in [0.05, 0.1) is 6.10 Å². The lowest BCUT2D eigenvalue weighted by molar-refractivity contribution is -0.143. The summed E-state index contributed by atoms with van der Waals surface area (Å²) < 4.78 is 0. The first kappa shape index (κ1) is 29.7. The number of aliphatic hydroxyl groups excluding tert-OH is 1. The highest BCUT2D eigenvalue weighted by Crippen LogP contribution is 2.07. The highest BCUT2D eigenvalue weighted by molar-refractivity contribution is 5.94. The van der Waals surface area contributed by atoms with Gasteiger partial charge >= 0.3 is 11.9 Å². The third kappa shape index (κ3) is 11.2. The molecule has 5 atom stereocenters. The minimum atomic E-state index is -1.50. The zero-order chi connectivity index (χ0) is 25.9. The molecule has 0 aliphatic heterocycles. The van der Waals surface area contributed by atoms with Crippen LogP contribution in [0, 0.1) is 5.92 Å². The van der Waals surface area contributed by atoms with Gasteiger partial charge in [0, 0.05) is 12.8 Å². The minimum Gasteiger partial charge on any atom is -0.481 e. The second-order valence-electron chi connectivity index (χ2n) is 7.89. The number of hydrogen-bond acceptors (Lipinski definition) is 8. The molecule has 0 heterocycles. The van der Waals surface area contributed by atoms with Crippen LogP contribution in [0.1, 0.15) is 46.5 Å². The number of carbonyl (C=O) groups excluding carboxylic acids is 4. The molecule has 14 nitrogen and oxygen atoms in total. The van der Waals surface area contributed by atoms with Crippen LogP contribution in [0.15, 0.2) is 0 Å². The predicted molar refractivity (Wildman–Crippen MR) is 113 cm³/mol. The molecule has 0 aromatic heterocycles. The van der Waals surface area contributed by atoms with Crippen LogP contribution in [0.3, 0.4) is 0 Å². The van der Waals surface area contributed by atoms with Crippen LogP contribution >= 0.6 is 0 Å². The molecule has 33 heavy (non-hydrogen) atoms. The molecule has 0 saturated carbocycles. The number of carboxylic acids is 2. The number of primary amides is 1. The van der Waals surface area contributed by atoms with Gasteiger partial charge in [-0.2, -0.15) is 0 Å². The second kappa shape index (κ2) is 14.0. The van der Waals surface area contributed by atoms with Gasteiger partial charge in [-0.15, -0.1) is 0 Å². The average Bonchev–Trinajstić information content (AvgIpc) is 2.69. The Morgan fingerprint density at radius 2 is 1.30 bits per heavy atom. The lowest BCUT2D eigenvalue weighted by Gasteiger charge is -2.27. The molecule has 0 aliphatic carbocycles. The molecule has 0 radical (unpaired) electrons. The first-order valence-corrected chi connectivity index (χ1v) is 10.2. The maximum absolute atomic E-state index is 12.8. The van der Waals surface area contributed by atoms with Crippen LogP contribution < -0.4 is 27.4 Å². The fourth-order valence-corrected chi connectivity index (χ4v) is 2.62. The summed E-state index contributed by atoms with van der Waals surface area (Å²) in [4.78, 5) is 70.8. The van der Waals surface area contributed by atoms with E-state index in [1.165, 1.54) is 6.92 Å². The molecule has 4 amide bonds. The third-order valence-electron chi connectivity index (χ3n) is 4.64. The first-order chi connectivity index (χ1) is 15.2. The van der Waals surface area contributed by atoms with Crippen LogP contribution in [-0.2, 0) is 28.8 Å². The number of aliphatic hydroxyl groups is 1. The highest BCUT2D eigenvalue weighted by atomic mass is 16.4. The first-order valence-electron chi connectivity index (χ1n) is 10.2. The van der Waals surface area contributed by atoms with E-state index in [2.05, 4.69) is 16.0 Å². The Balaban J connectivity index is 5.53. The molecule has 0 fully saturated rings. The van der Waals surface area contributed by atoms with Gasteiger partial charge < -0.3 is 42.7 Å². The number of hydrogen-bond donors (Lipinski definition) is 8. The van der Waals surface area contributed by atoms with E-state index in [0.29, 0.717) is 0 Å². The van der Waals surface area contributed by atoms with Gasteiger partial charge in [-0.3, -0.25) is 24.0 Å². The number of carbonyl (C=O) groups is 6. The fraction of sp³-hybridized carbons (Fsp3) is 0.684. The summed E-state index contributed by atoms with van der Waals surface area (Å²) in [5, 5.41) is 34.5. The van der Waals surface area contributed by atoms with Gasteiger partial charge in [-0.1, -0.05) is 13.8 Å². The molecule has 0 saturated heterocycles. The normalized spacial score (nSPS) is 15.5. The summed E-state index contributed by atoms with van der Waals surface area (Å²) in [5.41, 5.74) is 10.6. The topological polar surface area (TPSA) is 251 Å². The van der Waals surface area contributed by atoms with Crippen molar-refractivity contribution in [2.24, 2.45) is 17.4 Å². The molecule has 0 bridgehead atoms. The standard InChI is InChI=1S/C19H33N5O9/c1-8(2)15(24-17(30)14(21)9(3)25)18(31)22-10(5-7-13(27)28)16(29)23-11(19(32)33)4-6-12(20)26/h8-11,14-15,25H,4-7,21H2,1-3H3,(H2,20,26)(H,22,31)(H,23,29)(H,24,30)(H,27,28)(H,32,33). The molecule has 0 spiro atoms. The molecule has 10 N–H and O–H groups in total. The Kier molecular flexibility index (Phi) is 12.6. The summed E-state index contributed by atoms with van der Waals surface area (Å²) in [7, 11) is 0. The third-order valence-corrected chi connectivity index (χ3v) is 4.64. The molecule has 5 unspecified atom stereocenters. The van der Waals surface area contributed by atoms with Crippen molar-refractivity contribution in [1.29, 1.82) is 0 Å². The number of aliphatic carboxylic acids is 2. The van der Waals surface area contributed by atoms with Gasteiger partial charge in [-0.25, -0.2) is 4.79 Å². The zero-order valence-electron chi connectivity index (χ0n) is 18.7. The lowest BCUT2D eigenvalue weighted by Crippen LogP contribution is -2.59. The average molecular weight is 475 g/mol. The van der Waals surface area contributed by atoms with E-state index in [0.717, 1.165) is 0 Å². The van der Waals surface area contributed by atoms with Crippen molar-refractivity contribution in [2.45, 2.75) is 76.7 Å². The summed E-state index contributed by atoms with van der Waals surface area (Å²) >= 11 is 0. The Bertz CT molecular complexity index is 741. The van der Waals surface area contributed by atoms with Gasteiger partial charge in [0.2, 0.25) is 23.6 Å². The molecule has 0 rings (SSSR count). The van der Waals surface area contributed by atoms with Gasteiger partial charge in [0.15, 0.2) is 0 Å². The maximum atomic E-state index is 12.8. The Morgan fingerprint density at radius 3 is 1.73 bits per heavy atom. The molecular weight excluding hydrogens is 442 g/mol. The summed E-state index contributed by atoms with van der Waals surface area (Å²) in [6, 6.07) is -5.45. The summed E-state index contributed by atoms with van der Waals surface area (Å²) in [6.45, 7) is 4.47. The van der Waals surface area contributed by atoms with Gasteiger partial charge in [0.1, 0.15) is 24.2 Å². The second-order valence-corrected chi connectivity index (χ2v) is 7.89. The molecule has 0 aliphatic rings. The molecule has 188 valence electrons. The number of nitrogens with two attached hydrogens (primary N) is 2. The minimum absolute atomic E-state index is 0.308. The van der Waals surface area contributed by atoms with Crippen LogP contribution in [0.5, 0.6) is 0 Å². The highest BCUT2D eigenvalue weighted by Gasteiger charge is 2.32. The van der Waals surface area contributed by atoms with Crippen molar-refractivity contribution >= 4 is 35.6 Å². The number of carboxylic acid groups (broad SMARTS) is 2. The van der Waals surface area contributed by atoms with Crippen molar-refractivity contribution in [3.8, 4) is 0 Å². The van der Waals surface area contributed by atoms with E-state index < -0.39 is 78.2 Å². The Hall–Kier alpha value is -3.26.